The third-order valence-corrected chi connectivity index (χ3v) is 5.43. The normalized spacial score (nSPS) is 25.0. The second kappa shape index (κ2) is 6.84. The predicted octanol–water partition coefficient (Wildman–Crippen LogP) is 1.14. The minimum atomic E-state index is -0.701. The molecule has 1 aromatic rings. The minimum Gasteiger partial charge on any atom is -0.389 e. The van der Waals surface area contributed by atoms with Gasteiger partial charge in [-0.2, -0.15) is 0 Å². The molecule has 6 heteroatoms. The summed E-state index contributed by atoms with van der Waals surface area (Å²) in [7, 11) is 3.11. The molecule has 0 amide bonds. The molecule has 0 unspecified atom stereocenters. The van der Waals surface area contributed by atoms with E-state index in [4.69, 9.17) is 0 Å². The highest BCUT2D eigenvalue weighted by molar-refractivity contribution is 5.05. The maximum atomic E-state index is 12.1. The summed E-state index contributed by atoms with van der Waals surface area (Å²) in [4.78, 5) is 23.8. The fourth-order valence-corrected chi connectivity index (χ4v) is 3.63. The first-order valence-corrected chi connectivity index (χ1v) is 8.72. The summed E-state index contributed by atoms with van der Waals surface area (Å²) in [5.41, 5.74) is -0.493. The van der Waals surface area contributed by atoms with Crippen molar-refractivity contribution in [1.82, 2.24) is 14.5 Å². The van der Waals surface area contributed by atoms with Crippen LogP contribution in [0.25, 0.3) is 0 Å². The molecule has 0 aliphatic heterocycles. The Morgan fingerprint density at radius 2 is 1.83 bits per heavy atom. The van der Waals surface area contributed by atoms with Crippen molar-refractivity contribution in [3.8, 4) is 0 Å². The summed E-state index contributed by atoms with van der Waals surface area (Å²) in [6, 6.07) is 0. The molecule has 1 heterocycles. The molecule has 136 valence electrons. The highest BCUT2D eigenvalue weighted by Crippen LogP contribution is 2.41. The first-order valence-electron chi connectivity index (χ1n) is 8.72. The third kappa shape index (κ3) is 4.16. The molecule has 1 fully saturated rings. The molecular formula is C18H31N3O3. The molecule has 0 bridgehead atoms. The maximum Gasteiger partial charge on any atom is 0.330 e. The molecule has 0 saturated heterocycles. The van der Waals surface area contributed by atoms with Crippen LogP contribution in [-0.4, -0.2) is 26.4 Å². The molecule has 1 aliphatic rings. The van der Waals surface area contributed by atoms with Crippen LogP contribution in [0.3, 0.4) is 0 Å². The Hall–Kier alpha value is -1.40. The number of hydrogen-bond donors (Lipinski definition) is 2. The summed E-state index contributed by atoms with van der Waals surface area (Å²) in [6.45, 7) is 7.60. The standard InChI is InChI=1S/C18H31N3O3/c1-17(2,3)14-6-8-18(24,9-7-14)12-19-10-13-11-20(4)16(23)21(5)15(13)22/h11,14,19,24H,6-10,12H2,1-5H3. The number of aliphatic hydroxyl groups is 1. The quantitative estimate of drug-likeness (QED) is 0.864. The Morgan fingerprint density at radius 3 is 2.38 bits per heavy atom. The maximum absolute atomic E-state index is 12.1. The van der Waals surface area contributed by atoms with E-state index in [0.717, 1.165) is 30.3 Å². The molecular weight excluding hydrogens is 306 g/mol. The number of rotatable bonds is 4. The van der Waals surface area contributed by atoms with Crippen LogP contribution in [0.4, 0.5) is 0 Å². The van der Waals surface area contributed by atoms with Crippen molar-refractivity contribution in [1.29, 1.82) is 0 Å². The summed E-state index contributed by atoms with van der Waals surface area (Å²) < 4.78 is 2.52. The van der Waals surface area contributed by atoms with E-state index in [1.807, 2.05) is 0 Å². The molecule has 2 N–H and O–H groups in total. The van der Waals surface area contributed by atoms with Gasteiger partial charge in [-0.05, 0) is 37.0 Å². The van der Waals surface area contributed by atoms with Crippen LogP contribution in [-0.2, 0) is 20.6 Å². The van der Waals surface area contributed by atoms with Gasteiger partial charge in [-0.25, -0.2) is 4.79 Å². The molecule has 0 aromatic carbocycles. The zero-order chi connectivity index (χ0) is 18.1. The summed E-state index contributed by atoms with van der Waals surface area (Å²) in [5.74, 6) is 0.647. The van der Waals surface area contributed by atoms with E-state index < -0.39 is 5.60 Å². The van der Waals surface area contributed by atoms with Gasteiger partial charge in [0.05, 0.1) is 5.60 Å². The Bertz CT molecular complexity index is 689. The van der Waals surface area contributed by atoms with Crippen molar-refractivity contribution in [3.63, 3.8) is 0 Å². The predicted molar refractivity (Wildman–Crippen MR) is 95.0 cm³/mol. The van der Waals surface area contributed by atoms with Gasteiger partial charge in [0.15, 0.2) is 0 Å². The Labute approximate surface area is 143 Å². The second-order valence-corrected chi connectivity index (χ2v) is 8.38. The van der Waals surface area contributed by atoms with Crippen LogP contribution in [0.15, 0.2) is 15.8 Å². The van der Waals surface area contributed by atoms with Crippen molar-refractivity contribution < 1.29 is 5.11 Å². The van der Waals surface area contributed by atoms with Gasteiger partial charge in [-0.1, -0.05) is 20.8 Å². The molecule has 6 nitrogen and oxygen atoms in total. The van der Waals surface area contributed by atoms with Gasteiger partial charge in [0.2, 0.25) is 0 Å². The molecule has 0 atom stereocenters. The largest absolute Gasteiger partial charge is 0.389 e. The number of hydrogen-bond acceptors (Lipinski definition) is 4. The number of aromatic nitrogens is 2. The first kappa shape index (κ1) is 18.9. The van der Waals surface area contributed by atoms with Crippen LogP contribution in [0.1, 0.15) is 52.0 Å². The first-order chi connectivity index (χ1) is 11.0. The van der Waals surface area contributed by atoms with E-state index in [9.17, 15) is 14.7 Å². The molecule has 1 saturated carbocycles. The molecule has 1 aliphatic carbocycles. The highest BCUT2D eigenvalue weighted by Gasteiger charge is 2.36. The lowest BCUT2D eigenvalue weighted by Gasteiger charge is -2.41. The molecule has 0 radical (unpaired) electrons. The smallest absolute Gasteiger partial charge is 0.330 e. The topological polar surface area (TPSA) is 76.3 Å². The van der Waals surface area contributed by atoms with Crippen LogP contribution >= 0.6 is 0 Å². The van der Waals surface area contributed by atoms with Gasteiger partial charge in [-0.15, -0.1) is 0 Å². The summed E-state index contributed by atoms with van der Waals surface area (Å²) in [5, 5.41) is 14.0. The zero-order valence-corrected chi connectivity index (χ0v) is 15.6. The fraction of sp³-hybridized carbons (Fsp3) is 0.778. The minimum absolute atomic E-state index is 0.283. The van der Waals surface area contributed by atoms with Gasteiger partial charge < -0.3 is 15.0 Å². The molecule has 1 aromatic heterocycles. The van der Waals surface area contributed by atoms with E-state index >= 15 is 0 Å². The van der Waals surface area contributed by atoms with Gasteiger partial charge >= 0.3 is 5.69 Å². The van der Waals surface area contributed by atoms with Crippen LogP contribution in [0, 0.1) is 11.3 Å². The second-order valence-electron chi connectivity index (χ2n) is 8.38. The Balaban J connectivity index is 1.94. The van der Waals surface area contributed by atoms with E-state index in [1.165, 1.54) is 11.6 Å². The van der Waals surface area contributed by atoms with Crippen molar-refractivity contribution in [2.24, 2.45) is 25.4 Å². The van der Waals surface area contributed by atoms with Crippen LogP contribution in [0.5, 0.6) is 0 Å². The van der Waals surface area contributed by atoms with Gasteiger partial charge in [0.1, 0.15) is 0 Å². The van der Waals surface area contributed by atoms with Gasteiger partial charge in [0.25, 0.3) is 5.56 Å². The van der Waals surface area contributed by atoms with Crippen molar-refractivity contribution in [2.45, 2.75) is 58.6 Å². The number of aryl methyl sites for hydroxylation is 1. The SMILES string of the molecule is Cn1cc(CNCC2(O)CCC(C(C)(C)C)CC2)c(=O)n(C)c1=O. The Kier molecular flexibility index (Phi) is 5.40. The average Bonchev–Trinajstić information content (AvgIpc) is 2.49. The number of nitrogens with zero attached hydrogens (tertiary/aromatic N) is 2. The monoisotopic (exact) mass is 337 g/mol. The van der Waals surface area contributed by atoms with Gasteiger partial charge in [0, 0.05) is 38.9 Å². The Morgan fingerprint density at radius 1 is 1.25 bits per heavy atom. The summed E-state index contributed by atoms with van der Waals surface area (Å²) in [6.07, 6.45) is 5.20. The van der Waals surface area contributed by atoms with E-state index in [0.29, 0.717) is 24.6 Å². The van der Waals surface area contributed by atoms with E-state index in [2.05, 4.69) is 26.1 Å². The third-order valence-electron chi connectivity index (χ3n) is 5.43. The van der Waals surface area contributed by atoms with E-state index in [1.54, 1.807) is 13.2 Å². The molecule has 24 heavy (non-hydrogen) atoms. The van der Waals surface area contributed by atoms with Crippen LogP contribution in [0.2, 0.25) is 0 Å². The average molecular weight is 337 g/mol. The molecule has 0 spiro atoms. The molecule has 2 rings (SSSR count). The van der Waals surface area contributed by atoms with Crippen molar-refractivity contribution in [2.75, 3.05) is 6.54 Å². The zero-order valence-electron chi connectivity index (χ0n) is 15.6. The number of nitrogens with one attached hydrogen (secondary N) is 1. The fourth-order valence-electron chi connectivity index (χ4n) is 3.63. The van der Waals surface area contributed by atoms with Crippen LogP contribution < -0.4 is 16.6 Å². The lowest BCUT2D eigenvalue weighted by Crippen LogP contribution is -2.46. The highest BCUT2D eigenvalue weighted by atomic mass is 16.3. The van der Waals surface area contributed by atoms with Crippen molar-refractivity contribution in [3.05, 3.63) is 32.6 Å². The summed E-state index contributed by atoms with van der Waals surface area (Å²) >= 11 is 0. The lowest BCUT2D eigenvalue weighted by atomic mass is 9.68. The van der Waals surface area contributed by atoms with E-state index in [-0.39, 0.29) is 16.7 Å². The lowest BCUT2D eigenvalue weighted by molar-refractivity contribution is -0.0239. The van der Waals surface area contributed by atoms with Gasteiger partial charge in [-0.3, -0.25) is 9.36 Å². The van der Waals surface area contributed by atoms with Crippen molar-refractivity contribution >= 4 is 0 Å².